The van der Waals surface area contributed by atoms with Gasteiger partial charge in [-0.2, -0.15) is 0 Å². The third-order valence-corrected chi connectivity index (χ3v) is 4.84. The zero-order valence-electron chi connectivity index (χ0n) is 14.8. The first-order valence-electron chi connectivity index (χ1n) is 8.50. The first kappa shape index (κ1) is 18.2. The maximum Gasteiger partial charge on any atom is 0.292 e. The lowest BCUT2D eigenvalue weighted by atomic mass is 9.95. The molecule has 2 aromatic carbocycles. The lowest BCUT2D eigenvalue weighted by molar-refractivity contribution is -0.117. The molecule has 0 saturated heterocycles. The van der Waals surface area contributed by atoms with Crippen molar-refractivity contribution in [1.29, 1.82) is 0 Å². The molecule has 6 nitrogen and oxygen atoms in total. The molecule has 1 unspecified atom stereocenters. The van der Waals surface area contributed by atoms with E-state index in [0.717, 1.165) is 6.39 Å². The van der Waals surface area contributed by atoms with Crippen molar-refractivity contribution in [2.75, 3.05) is 11.9 Å². The summed E-state index contributed by atoms with van der Waals surface area (Å²) < 4.78 is 20.0. The SMILES string of the molecule is Cc1ncoc1C(=O)N1CC(=O)Nc2ccc(Cl)cc2C1c1ccccc1F. The van der Waals surface area contributed by atoms with Gasteiger partial charge >= 0.3 is 0 Å². The molecule has 1 aliphatic heterocycles. The van der Waals surface area contributed by atoms with E-state index < -0.39 is 23.7 Å². The largest absolute Gasteiger partial charge is 0.438 e. The number of amides is 2. The molecule has 1 aliphatic rings. The monoisotopic (exact) mass is 399 g/mol. The predicted octanol–water partition coefficient (Wildman–Crippen LogP) is 3.96. The molecule has 1 aromatic heterocycles. The lowest BCUT2D eigenvalue weighted by Crippen LogP contribution is -2.39. The number of halogens is 2. The zero-order valence-corrected chi connectivity index (χ0v) is 15.5. The molecule has 0 aliphatic carbocycles. The van der Waals surface area contributed by atoms with Crippen molar-refractivity contribution in [2.24, 2.45) is 0 Å². The predicted molar refractivity (Wildman–Crippen MR) is 101 cm³/mol. The molecule has 1 N–H and O–H groups in total. The fourth-order valence-corrected chi connectivity index (χ4v) is 3.52. The molecule has 0 radical (unpaired) electrons. The fraction of sp³-hybridized carbons (Fsp3) is 0.150. The van der Waals surface area contributed by atoms with Crippen molar-refractivity contribution in [3.05, 3.63) is 82.3 Å². The molecule has 4 rings (SSSR count). The van der Waals surface area contributed by atoms with Crippen molar-refractivity contribution in [3.8, 4) is 0 Å². The molecule has 2 heterocycles. The molecule has 0 saturated carbocycles. The number of rotatable bonds is 2. The van der Waals surface area contributed by atoms with E-state index in [1.165, 1.54) is 11.0 Å². The Labute approximate surface area is 164 Å². The maximum atomic E-state index is 14.7. The van der Waals surface area contributed by atoms with Crippen LogP contribution < -0.4 is 5.32 Å². The maximum absolute atomic E-state index is 14.7. The second-order valence-electron chi connectivity index (χ2n) is 6.40. The van der Waals surface area contributed by atoms with Crippen molar-refractivity contribution < 1.29 is 18.4 Å². The summed E-state index contributed by atoms with van der Waals surface area (Å²) in [6.07, 6.45) is 1.16. The molecule has 0 spiro atoms. The van der Waals surface area contributed by atoms with E-state index in [2.05, 4.69) is 10.3 Å². The summed E-state index contributed by atoms with van der Waals surface area (Å²) >= 11 is 6.17. The highest BCUT2D eigenvalue weighted by Crippen LogP contribution is 2.39. The molecule has 0 fully saturated rings. The molecule has 28 heavy (non-hydrogen) atoms. The van der Waals surface area contributed by atoms with Gasteiger partial charge in [-0.3, -0.25) is 9.59 Å². The second kappa shape index (κ2) is 7.09. The van der Waals surface area contributed by atoms with Crippen LogP contribution in [-0.2, 0) is 4.79 Å². The van der Waals surface area contributed by atoms with Gasteiger partial charge in [0.1, 0.15) is 12.4 Å². The van der Waals surface area contributed by atoms with Gasteiger partial charge in [0.25, 0.3) is 5.91 Å². The molecule has 3 aromatic rings. The number of aromatic nitrogens is 1. The highest BCUT2D eigenvalue weighted by atomic mass is 35.5. The average Bonchev–Trinajstić information content (AvgIpc) is 3.03. The number of carbonyl (C=O) groups is 2. The van der Waals surface area contributed by atoms with Gasteiger partial charge < -0.3 is 14.6 Å². The van der Waals surface area contributed by atoms with Gasteiger partial charge in [-0.1, -0.05) is 29.8 Å². The standard InChI is InChI=1S/C20H15ClFN3O3/c1-11-19(28-10-23-11)20(27)25-9-17(26)24-16-7-6-12(21)8-14(16)18(25)13-4-2-3-5-15(13)22/h2-8,10,18H,9H2,1H3,(H,24,26). The normalized spacial score (nSPS) is 16.3. The Kier molecular flexibility index (Phi) is 4.60. The Bertz CT molecular complexity index is 1080. The van der Waals surface area contributed by atoms with Crippen molar-refractivity contribution in [3.63, 3.8) is 0 Å². The van der Waals surface area contributed by atoms with E-state index in [0.29, 0.717) is 22.0 Å². The number of fused-ring (bicyclic) bond motifs is 1. The fourth-order valence-electron chi connectivity index (χ4n) is 3.34. The van der Waals surface area contributed by atoms with Gasteiger partial charge in [0.05, 0.1) is 11.7 Å². The molecular weight excluding hydrogens is 385 g/mol. The van der Waals surface area contributed by atoms with Crippen LogP contribution in [0.1, 0.15) is 33.4 Å². The van der Waals surface area contributed by atoms with Crippen LogP contribution in [0.4, 0.5) is 10.1 Å². The van der Waals surface area contributed by atoms with Crippen LogP contribution >= 0.6 is 11.6 Å². The number of hydrogen-bond acceptors (Lipinski definition) is 4. The highest BCUT2D eigenvalue weighted by molar-refractivity contribution is 6.30. The van der Waals surface area contributed by atoms with E-state index in [1.807, 2.05) is 0 Å². The molecule has 0 bridgehead atoms. The number of aryl methyl sites for hydroxylation is 1. The molecule has 8 heteroatoms. The summed E-state index contributed by atoms with van der Waals surface area (Å²) in [4.78, 5) is 30.9. The zero-order chi connectivity index (χ0) is 19.8. The van der Waals surface area contributed by atoms with Gasteiger partial charge in [0.15, 0.2) is 6.39 Å². The van der Waals surface area contributed by atoms with Gasteiger partial charge in [0.2, 0.25) is 11.7 Å². The minimum atomic E-state index is -0.883. The number of hydrogen-bond donors (Lipinski definition) is 1. The smallest absolute Gasteiger partial charge is 0.292 e. The van der Waals surface area contributed by atoms with Crippen LogP contribution in [-0.4, -0.2) is 28.2 Å². The molecule has 142 valence electrons. The summed E-state index contributed by atoms with van der Waals surface area (Å²) in [5.41, 5.74) is 1.60. The Morgan fingerprint density at radius 2 is 2.07 bits per heavy atom. The number of nitrogens with one attached hydrogen (secondary N) is 1. The summed E-state index contributed by atoms with van der Waals surface area (Å²) in [5.74, 6) is -1.47. The van der Waals surface area contributed by atoms with Crippen molar-refractivity contribution >= 4 is 29.1 Å². The average molecular weight is 400 g/mol. The summed E-state index contributed by atoms with van der Waals surface area (Å²) in [6.45, 7) is 1.34. The Balaban J connectivity index is 1.94. The van der Waals surface area contributed by atoms with Gasteiger partial charge in [-0.05, 0) is 31.2 Å². The summed E-state index contributed by atoms with van der Waals surface area (Å²) in [6, 6.07) is 10.1. The number of anilines is 1. The number of nitrogens with zero attached hydrogens (tertiary/aromatic N) is 2. The van der Waals surface area contributed by atoms with Crippen LogP contribution in [0.15, 0.2) is 53.3 Å². The number of benzene rings is 2. The van der Waals surface area contributed by atoms with Crippen LogP contribution in [0.3, 0.4) is 0 Å². The first-order chi connectivity index (χ1) is 13.5. The van der Waals surface area contributed by atoms with Crippen LogP contribution in [0.5, 0.6) is 0 Å². The Morgan fingerprint density at radius 3 is 2.79 bits per heavy atom. The first-order valence-corrected chi connectivity index (χ1v) is 8.88. The van der Waals surface area contributed by atoms with Crippen LogP contribution in [0, 0.1) is 12.7 Å². The van der Waals surface area contributed by atoms with E-state index in [-0.39, 0.29) is 17.9 Å². The Morgan fingerprint density at radius 1 is 1.29 bits per heavy atom. The van der Waals surface area contributed by atoms with Crippen molar-refractivity contribution in [1.82, 2.24) is 9.88 Å². The minimum absolute atomic E-state index is 0.000354. The van der Waals surface area contributed by atoms with Crippen LogP contribution in [0.25, 0.3) is 0 Å². The molecule has 1 atom stereocenters. The van der Waals surface area contributed by atoms with Crippen LogP contribution in [0.2, 0.25) is 5.02 Å². The van der Waals surface area contributed by atoms with Gasteiger partial charge in [-0.25, -0.2) is 9.37 Å². The minimum Gasteiger partial charge on any atom is -0.438 e. The Hall–Kier alpha value is -3.19. The van der Waals surface area contributed by atoms with E-state index >= 15 is 0 Å². The van der Waals surface area contributed by atoms with Crippen molar-refractivity contribution in [2.45, 2.75) is 13.0 Å². The third kappa shape index (κ3) is 3.14. The van der Waals surface area contributed by atoms with Gasteiger partial charge in [0, 0.05) is 21.8 Å². The molecular formula is C20H15ClFN3O3. The van der Waals surface area contributed by atoms with E-state index in [9.17, 15) is 14.0 Å². The lowest BCUT2D eigenvalue weighted by Gasteiger charge is -2.30. The third-order valence-electron chi connectivity index (χ3n) is 4.61. The highest BCUT2D eigenvalue weighted by Gasteiger charge is 2.37. The van der Waals surface area contributed by atoms with Gasteiger partial charge in [-0.15, -0.1) is 0 Å². The second-order valence-corrected chi connectivity index (χ2v) is 6.84. The number of carbonyl (C=O) groups excluding carboxylic acids is 2. The number of oxazole rings is 1. The molecule has 2 amide bonds. The summed E-state index contributed by atoms with van der Waals surface area (Å²) in [7, 11) is 0. The topological polar surface area (TPSA) is 75.4 Å². The van der Waals surface area contributed by atoms with E-state index in [4.69, 9.17) is 16.0 Å². The van der Waals surface area contributed by atoms with E-state index in [1.54, 1.807) is 43.3 Å². The quantitative estimate of drug-likeness (QED) is 0.707. The summed E-state index contributed by atoms with van der Waals surface area (Å²) in [5, 5.41) is 3.16.